The largest absolute Gasteiger partial charge is 0.357 e. The second kappa shape index (κ2) is 10.0. The predicted molar refractivity (Wildman–Crippen MR) is 115 cm³/mol. The van der Waals surface area contributed by atoms with Crippen LogP contribution in [0.2, 0.25) is 0 Å². The first kappa shape index (κ1) is 20.8. The van der Waals surface area contributed by atoms with Crippen LogP contribution in [0.15, 0.2) is 4.99 Å². The maximum atomic E-state index is 12.7. The Bertz CT molecular complexity index is 504. The molecule has 3 fully saturated rings. The fraction of sp³-hybridized carbons (Fsp3) is 0.905. The molecule has 0 spiro atoms. The molecule has 0 aromatic heterocycles. The van der Waals surface area contributed by atoms with Crippen LogP contribution in [0.3, 0.4) is 0 Å². The lowest BCUT2D eigenvalue weighted by Gasteiger charge is -2.34. The number of carbonyl (C=O) groups is 1. The molecule has 2 saturated carbocycles. The Balaban J connectivity index is 1.46. The summed E-state index contributed by atoms with van der Waals surface area (Å²) in [5, 5.41) is 7.07. The smallest absolute Gasteiger partial charge is 0.225 e. The number of hydrogen-bond donors (Lipinski definition) is 2. The van der Waals surface area contributed by atoms with Gasteiger partial charge in [0.05, 0.1) is 0 Å². The first-order valence-electron chi connectivity index (χ1n) is 11.0. The Hall–Kier alpha value is -0.910. The molecule has 2 N–H and O–H groups in total. The van der Waals surface area contributed by atoms with Crippen molar-refractivity contribution < 1.29 is 4.79 Å². The molecule has 0 aromatic carbocycles. The lowest BCUT2D eigenvalue weighted by molar-refractivity contribution is -0.136. The minimum absolute atomic E-state index is 0.239. The van der Waals surface area contributed by atoms with E-state index < -0.39 is 0 Å². The SMILES string of the molecule is CCNC(=NCC1(C)CCCC1)NC1CCC(C(=O)N2CCSCC2)CC1. The van der Waals surface area contributed by atoms with E-state index in [1.54, 1.807) is 0 Å². The Kier molecular flexibility index (Phi) is 7.74. The summed E-state index contributed by atoms with van der Waals surface area (Å²) in [6.45, 7) is 8.20. The quantitative estimate of drug-likeness (QED) is 0.555. The van der Waals surface area contributed by atoms with Crippen LogP contribution in [0, 0.1) is 11.3 Å². The van der Waals surface area contributed by atoms with E-state index in [2.05, 4.69) is 29.4 Å². The normalized spacial score (nSPS) is 28.8. The average Bonchev–Trinajstić information content (AvgIpc) is 3.14. The summed E-state index contributed by atoms with van der Waals surface area (Å²) < 4.78 is 0. The molecule has 1 heterocycles. The highest BCUT2D eigenvalue weighted by Gasteiger charge is 2.31. The Morgan fingerprint density at radius 2 is 1.81 bits per heavy atom. The molecule has 2 aliphatic carbocycles. The van der Waals surface area contributed by atoms with E-state index in [4.69, 9.17) is 4.99 Å². The van der Waals surface area contributed by atoms with Crippen LogP contribution in [0.25, 0.3) is 0 Å². The number of aliphatic imine (C=N–C) groups is 1. The molecule has 0 bridgehead atoms. The number of rotatable bonds is 5. The number of nitrogens with one attached hydrogen (secondary N) is 2. The third kappa shape index (κ3) is 6.03. The van der Waals surface area contributed by atoms with Crippen molar-refractivity contribution in [2.75, 3.05) is 37.7 Å². The van der Waals surface area contributed by atoms with Gasteiger partial charge in [-0.1, -0.05) is 19.8 Å². The predicted octanol–water partition coefficient (Wildman–Crippen LogP) is 3.26. The third-order valence-corrected chi connectivity index (χ3v) is 7.46. The van der Waals surface area contributed by atoms with E-state index >= 15 is 0 Å². The Morgan fingerprint density at radius 1 is 1.15 bits per heavy atom. The molecule has 27 heavy (non-hydrogen) atoms. The van der Waals surface area contributed by atoms with Crippen molar-refractivity contribution in [3.63, 3.8) is 0 Å². The molecule has 0 aromatic rings. The zero-order valence-corrected chi connectivity index (χ0v) is 18.1. The maximum Gasteiger partial charge on any atom is 0.225 e. The molecule has 0 unspecified atom stereocenters. The van der Waals surface area contributed by atoms with Crippen LogP contribution in [0.5, 0.6) is 0 Å². The molecular weight excluding hydrogens is 356 g/mol. The van der Waals surface area contributed by atoms with E-state index in [1.807, 2.05) is 11.8 Å². The van der Waals surface area contributed by atoms with E-state index in [0.29, 0.717) is 17.4 Å². The van der Waals surface area contributed by atoms with Gasteiger partial charge in [0, 0.05) is 49.6 Å². The van der Waals surface area contributed by atoms with E-state index in [1.165, 1.54) is 25.7 Å². The summed E-state index contributed by atoms with van der Waals surface area (Å²) in [5.74, 6) is 3.81. The molecule has 3 rings (SSSR count). The number of carbonyl (C=O) groups excluding carboxylic acids is 1. The average molecular weight is 395 g/mol. The number of amides is 1. The van der Waals surface area contributed by atoms with Crippen molar-refractivity contribution >= 4 is 23.6 Å². The summed E-state index contributed by atoms with van der Waals surface area (Å²) in [7, 11) is 0. The Labute approximate surface area is 169 Å². The number of nitrogens with zero attached hydrogens (tertiary/aromatic N) is 2. The zero-order chi connectivity index (χ0) is 19.1. The minimum Gasteiger partial charge on any atom is -0.357 e. The maximum absolute atomic E-state index is 12.7. The van der Waals surface area contributed by atoms with Gasteiger partial charge in [0.1, 0.15) is 0 Å². The van der Waals surface area contributed by atoms with Crippen molar-refractivity contribution in [3.8, 4) is 0 Å². The van der Waals surface area contributed by atoms with E-state index in [-0.39, 0.29) is 5.92 Å². The van der Waals surface area contributed by atoms with Gasteiger partial charge in [-0.3, -0.25) is 9.79 Å². The Morgan fingerprint density at radius 3 is 2.44 bits per heavy atom. The topological polar surface area (TPSA) is 56.7 Å². The monoisotopic (exact) mass is 394 g/mol. The summed E-state index contributed by atoms with van der Waals surface area (Å²) in [6.07, 6.45) is 9.47. The molecule has 3 aliphatic rings. The molecule has 154 valence electrons. The van der Waals surface area contributed by atoms with Crippen LogP contribution in [-0.4, -0.2) is 60.5 Å². The third-order valence-electron chi connectivity index (χ3n) is 6.51. The molecule has 5 nitrogen and oxygen atoms in total. The molecule has 0 atom stereocenters. The fourth-order valence-corrected chi connectivity index (χ4v) is 5.60. The van der Waals surface area contributed by atoms with Crippen LogP contribution >= 0.6 is 11.8 Å². The molecule has 0 radical (unpaired) electrons. The second-order valence-electron chi connectivity index (χ2n) is 8.84. The summed E-state index contributed by atoms with van der Waals surface area (Å²) in [4.78, 5) is 19.7. The van der Waals surface area contributed by atoms with Crippen molar-refractivity contribution in [1.29, 1.82) is 0 Å². The van der Waals surface area contributed by atoms with Gasteiger partial charge in [-0.05, 0) is 50.9 Å². The molecule has 1 aliphatic heterocycles. The lowest BCUT2D eigenvalue weighted by atomic mass is 9.85. The van der Waals surface area contributed by atoms with Crippen molar-refractivity contribution in [3.05, 3.63) is 0 Å². The van der Waals surface area contributed by atoms with E-state index in [0.717, 1.165) is 69.3 Å². The van der Waals surface area contributed by atoms with Gasteiger partial charge in [0.15, 0.2) is 5.96 Å². The fourth-order valence-electron chi connectivity index (χ4n) is 4.70. The van der Waals surface area contributed by atoms with E-state index in [9.17, 15) is 4.79 Å². The number of thioether (sulfide) groups is 1. The number of guanidine groups is 1. The molecule has 6 heteroatoms. The van der Waals surface area contributed by atoms with Crippen LogP contribution in [0.1, 0.15) is 65.2 Å². The second-order valence-corrected chi connectivity index (χ2v) is 10.1. The lowest BCUT2D eigenvalue weighted by Crippen LogP contribution is -2.47. The molecule has 1 saturated heterocycles. The summed E-state index contributed by atoms with van der Waals surface area (Å²) >= 11 is 1.96. The van der Waals surface area contributed by atoms with Gasteiger partial charge in [-0.15, -0.1) is 0 Å². The molecule has 1 amide bonds. The molecular formula is C21H38N4OS. The highest BCUT2D eigenvalue weighted by atomic mass is 32.2. The highest BCUT2D eigenvalue weighted by molar-refractivity contribution is 7.99. The summed E-state index contributed by atoms with van der Waals surface area (Å²) in [6, 6.07) is 0.445. The highest BCUT2D eigenvalue weighted by Crippen LogP contribution is 2.37. The van der Waals surface area contributed by atoms with Crippen molar-refractivity contribution in [2.45, 2.75) is 71.3 Å². The van der Waals surface area contributed by atoms with Crippen LogP contribution < -0.4 is 10.6 Å². The van der Waals surface area contributed by atoms with Crippen molar-refractivity contribution in [2.24, 2.45) is 16.3 Å². The van der Waals surface area contributed by atoms with Crippen LogP contribution in [-0.2, 0) is 4.79 Å². The van der Waals surface area contributed by atoms with Gasteiger partial charge in [0.2, 0.25) is 5.91 Å². The zero-order valence-electron chi connectivity index (χ0n) is 17.3. The first-order valence-corrected chi connectivity index (χ1v) is 12.2. The standard InChI is InChI=1S/C21H38N4OS/c1-3-22-20(23-16-21(2)10-4-5-11-21)24-18-8-6-17(7-9-18)19(26)25-12-14-27-15-13-25/h17-18H,3-16H2,1-2H3,(H2,22,23,24). The van der Waals surface area contributed by atoms with Crippen LogP contribution in [0.4, 0.5) is 0 Å². The van der Waals surface area contributed by atoms with Gasteiger partial charge >= 0.3 is 0 Å². The van der Waals surface area contributed by atoms with Gasteiger partial charge in [-0.2, -0.15) is 11.8 Å². The van der Waals surface area contributed by atoms with Gasteiger partial charge < -0.3 is 15.5 Å². The number of hydrogen-bond acceptors (Lipinski definition) is 3. The summed E-state index contributed by atoms with van der Waals surface area (Å²) in [5.41, 5.74) is 0.388. The van der Waals surface area contributed by atoms with Gasteiger partial charge in [-0.25, -0.2) is 0 Å². The minimum atomic E-state index is 0.239. The van der Waals surface area contributed by atoms with Gasteiger partial charge in [0.25, 0.3) is 0 Å². The van der Waals surface area contributed by atoms with Crippen molar-refractivity contribution in [1.82, 2.24) is 15.5 Å². The first-order chi connectivity index (χ1) is 13.1.